The van der Waals surface area contributed by atoms with Crippen LogP contribution in [-0.2, 0) is 0 Å². The zero-order valence-electron chi connectivity index (χ0n) is 15.8. The molecule has 0 saturated carbocycles. The van der Waals surface area contributed by atoms with Crippen molar-refractivity contribution in [1.82, 2.24) is 24.9 Å². The summed E-state index contributed by atoms with van der Waals surface area (Å²) in [7, 11) is 0. The fourth-order valence-electron chi connectivity index (χ4n) is 3.40. The average Bonchev–Trinajstić information content (AvgIpc) is 3.06. The van der Waals surface area contributed by atoms with Gasteiger partial charge in [0.05, 0.1) is 11.3 Å². The van der Waals surface area contributed by atoms with Gasteiger partial charge in [0.15, 0.2) is 11.6 Å². The molecule has 1 aliphatic rings. The second-order valence-electron chi connectivity index (χ2n) is 6.85. The lowest BCUT2D eigenvalue weighted by Crippen LogP contribution is -2.49. The van der Waals surface area contributed by atoms with Gasteiger partial charge in [-0.15, -0.1) is 10.2 Å². The minimum atomic E-state index is -0.486. The highest BCUT2D eigenvalue weighted by atomic mass is 19.1. The molecule has 7 nitrogen and oxygen atoms in total. The molecule has 1 aromatic carbocycles. The van der Waals surface area contributed by atoms with Gasteiger partial charge in [-0.3, -0.25) is 4.79 Å². The summed E-state index contributed by atoms with van der Waals surface area (Å²) >= 11 is 0. The van der Waals surface area contributed by atoms with Crippen LogP contribution in [0.3, 0.4) is 0 Å². The number of benzene rings is 1. The lowest BCUT2D eigenvalue weighted by atomic mass is 10.1. The number of anilines is 1. The Morgan fingerprint density at radius 3 is 2.25 bits per heavy atom. The summed E-state index contributed by atoms with van der Waals surface area (Å²) in [6.07, 6.45) is 0. The largest absolute Gasteiger partial charge is 0.352 e. The van der Waals surface area contributed by atoms with Crippen LogP contribution in [0.1, 0.15) is 21.7 Å². The molecule has 144 valence electrons. The first-order valence-corrected chi connectivity index (χ1v) is 9.19. The van der Waals surface area contributed by atoms with E-state index in [4.69, 9.17) is 0 Å². The van der Waals surface area contributed by atoms with Crippen molar-refractivity contribution in [2.24, 2.45) is 0 Å². The summed E-state index contributed by atoms with van der Waals surface area (Å²) in [6, 6.07) is 11.9. The molecule has 4 rings (SSSR count). The molecule has 8 heteroatoms. The van der Waals surface area contributed by atoms with Crippen LogP contribution in [0.5, 0.6) is 0 Å². The van der Waals surface area contributed by atoms with E-state index in [0.29, 0.717) is 32.0 Å². The maximum Gasteiger partial charge on any atom is 0.256 e. The van der Waals surface area contributed by atoms with E-state index in [0.717, 1.165) is 17.2 Å². The molecule has 1 saturated heterocycles. The molecule has 0 atom stereocenters. The van der Waals surface area contributed by atoms with E-state index >= 15 is 0 Å². The Labute approximate surface area is 162 Å². The molecule has 3 aromatic rings. The van der Waals surface area contributed by atoms with Crippen LogP contribution >= 0.6 is 0 Å². The summed E-state index contributed by atoms with van der Waals surface area (Å²) in [5.74, 6) is 0.662. The Kier molecular flexibility index (Phi) is 4.77. The van der Waals surface area contributed by atoms with Crippen molar-refractivity contribution in [3.63, 3.8) is 0 Å². The number of amides is 1. The van der Waals surface area contributed by atoms with Crippen molar-refractivity contribution >= 4 is 11.7 Å². The van der Waals surface area contributed by atoms with Crippen molar-refractivity contribution in [2.75, 3.05) is 31.1 Å². The molecule has 0 spiro atoms. The first-order chi connectivity index (χ1) is 13.5. The van der Waals surface area contributed by atoms with Gasteiger partial charge in [0.1, 0.15) is 5.82 Å². The molecule has 0 unspecified atom stereocenters. The van der Waals surface area contributed by atoms with Crippen LogP contribution in [0.25, 0.3) is 5.82 Å². The minimum Gasteiger partial charge on any atom is -0.352 e. The van der Waals surface area contributed by atoms with Crippen LogP contribution in [0.15, 0.2) is 42.5 Å². The predicted molar refractivity (Wildman–Crippen MR) is 103 cm³/mol. The van der Waals surface area contributed by atoms with Crippen LogP contribution in [0, 0.1) is 19.7 Å². The summed E-state index contributed by atoms with van der Waals surface area (Å²) in [4.78, 5) is 16.3. The highest BCUT2D eigenvalue weighted by Crippen LogP contribution is 2.17. The van der Waals surface area contributed by atoms with Crippen molar-refractivity contribution < 1.29 is 9.18 Å². The van der Waals surface area contributed by atoms with Gasteiger partial charge in [-0.25, -0.2) is 9.07 Å². The first kappa shape index (κ1) is 18.1. The zero-order chi connectivity index (χ0) is 19.7. The van der Waals surface area contributed by atoms with Gasteiger partial charge in [0, 0.05) is 31.9 Å². The van der Waals surface area contributed by atoms with E-state index in [-0.39, 0.29) is 11.5 Å². The van der Waals surface area contributed by atoms with E-state index < -0.39 is 5.82 Å². The number of nitrogens with zero attached hydrogens (tertiary/aromatic N) is 6. The number of hydrogen-bond acceptors (Lipinski definition) is 5. The quantitative estimate of drug-likeness (QED) is 0.698. The summed E-state index contributed by atoms with van der Waals surface area (Å²) in [5.41, 5.74) is 2.05. The number of halogens is 1. The second-order valence-corrected chi connectivity index (χ2v) is 6.85. The van der Waals surface area contributed by atoms with Crippen molar-refractivity contribution in [3.8, 4) is 5.82 Å². The molecular formula is C20H21FN6O. The predicted octanol–water partition coefficient (Wildman–Crippen LogP) is 2.38. The van der Waals surface area contributed by atoms with E-state index in [2.05, 4.69) is 20.2 Å². The molecule has 3 heterocycles. The maximum absolute atomic E-state index is 13.9. The third-order valence-electron chi connectivity index (χ3n) is 4.86. The summed E-state index contributed by atoms with van der Waals surface area (Å²) < 4.78 is 15.6. The first-order valence-electron chi connectivity index (χ1n) is 9.19. The topological polar surface area (TPSA) is 67.2 Å². The summed E-state index contributed by atoms with van der Waals surface area (Å²) in [5, 5.41) is 13.0. The molecule has 1 fully saturated rings. The number of aromatic nitrogens is 4. The fourth-order valence-corrected chi connectivity index (χ4v) is 3.40. The van der Waals surface area contributed by atoms with Gasteiger partial charge in [-0.2, -0.15) is 5.10 Å². The molecule has 1 amide bonds. The molecule has 2 aromatic heterocycles. The molecular weight excluding hydrogens is 359 g/mol. The van der Waals surface area contributed by atoms with Crippen molar-refractivity contribution in [3.05, 3.63) is 65.2 Å². The van der Waals surface area contributed by atoms with Crippen molar-refractivity contribution in [2.45, 2.75) is 13.8 Å². The highest BCUT2D eigenvalue weighted by Gasteiger charge is 2.24. The number of aryl methyl sites for hydroxylation is 2. The average molecular weight is 380 g/mol. The van der Waals surface area contributed by atoms with Gasteiger partial charge >= 0.3 is 0 Å². The van der Waals surface area contributed by atoms with Crippen LogP contribution in [0.4, 0.5) is 10.2 Å². The van der Waals surface area contributed by atoms with E-state index in [9.17, 15) is 9.18 Å². The molecule has 0 aliphatic carbocycles. The molecule has 1 aliphatic heterocycles. The van der Waals surface area contributed by atoms with E-state index in [1.165, 1.54) is 12.1 Å². The van der Waals surface area contributed by atoms with Crippen LogP contribution in [-0.4, -0.2) is 57.0 Å². The third kappa shape index (κ3) is 3.45. The van der Waals surface area contributed by atoms with Gasteiger partial charge in [0.2, 0.25) is 0 Å². The number of hydrogen-bond donors (Lipinski definition) is 0. The molecule has 0 bridgehead atoms. The zero-order valence-corrected chi connectivity index (χ0v) is 15.8. The van der Waals surface area contributed by atoms with E-state index in [1.807, 2.05) is 32.0 Å². The standard InChI is InChI=1S/C20H21FN6O/c1-14-13-15(2)27(24-14)19-8-7-18(22-23-19)25-9-11-26(12-10-25)20(28)16-5-3-4-6-17(16)21/h3-8,13H,9-12H2,1-2H3. The van der Waals surface area contributed by atoms with Crippen LogP contribution < -0.4 is 4.90 Å². The SMILES string of the molecule is Cc1cc(C)n(-c2ccc(N3CCN(C(=O)c4ccccc4F)CC3)nn2)n1. The number of carbonyl (C=O) groups excluding carboxylic acids is 1. The molecule has 28 heavy (non-hydrogen) atoms. The number of rotatable bonds is 3. The smallest absolute Gasteiger partial charge is 0.256 e. The summed E-state index contributed by atoms with van der Waals surface area (Å²) in [6.45, 7) is 6.17. The Morgan fingerprint density at radius 1 is 0.964 bits per heavy atom. The molecule has 0 radical (unpaired) electrons. The van der Waals surface area contributed by atoms with Crippen LogP contribution in [0.2, 0.25) is 0 Å². The minimum absolute atomic E-state index is 0.116. The number of piperazine rings is 1. The normalized spacial score (nSPS) is 14.4. The Morgan fingerprint density at radius 2 is 1.64 bits per heavy atom. The monoisotopic (exact) mass is 380 g/mol. The molecule has 0 N–H and O–H groups in total. The van der Waals surface area contributed by atoms with Gasteiger partial charge in [-0.1, -0.05) is 12.1 Å². The number of carbonyl (C=O) groups is 1. The Hall–Kier alpha value is -3.29. The maximum atomic E-state index is 13.9. The van der Waals surface area contributed by atoms with Crippen molar-refractivity contribution in [1.29, 1.82) is 0 Å². The Balaban J connectivity index is 1.42. The van der Waals surface area contributed by atoms with Gasteiger partial charge in [-0.05, 0) is 44.2 Å². The van der Waals surface area contributed by atoms with E-state index in [1.54, 1.807) is 21.7 Å². The lowest BCUT2D eigenvalue weighted by Gasteiger charge is -2.35. The fraction of sp³-hybridized carbons (Fsp3) is 0.300. The highest BCUT2D eigenvalue weighted by molar-refractivity contribution is 5.94. The van der Waals surface area contributed by atoms with Gasteiger partial charge < -0.3 is 9.80 Å². The lowest BCUT2D eigenvalue weighted by molar-refractivity contribution is 0.0742. The Bertz CT molecular complexity index is 992. The third-order valence-corrected chi connectivity index (χ3v) is 4.86. The van der Waals surface area contributed by atoms with Gasteiger partial charge in [0.25, 0.3) is 5.91 Å². The second kappa shape index (κ2) is 7.38.